The first-order chi connectivity index (χ1) is 11.8. The third-order valence-corrected chi connectivity index (χ3v) is 3.52. The van der Waals surface area contributed by atoms with E-state index in [1.54, 1.807) is 26.2 Å². The molecular weight excluding hydrogens is 335 g/mol. The van der Waals surface area contributed by atoms with Gasteiger partial charge in [0.1, 0.15) is 11.5 Å². The van der Waals surface area contributed by atoms with Crippen LogP contribution < -0.4 is 14.8 Å². The fourth-order valence-corrected chi connectivity index (χ4v) is 2.17. The molecule has 0 aliphatic rings. The van der Waals surface area contributed by atoms with E-state index in [9.17, 15) is 18.0 Å². The number of hydrogen-bond acceptors (Lipinski definition) is 3. The Hall–Kier alpha value is -2.70. The molecule has 1 atom stereocenters. The van der Waals surface area contributed by atoms with Gasteiger partial charge in [-0.2, -0.15) is 13.2 Å². The van der Waals surface area contributed by atoms with E-state index in [4.69, 9.17) is 9.47 Å². The molecule has 0 saturated heterocycles. The van der Waals surface area contributed by atoms with Gasteiger partial charge in [0, 0.05) is 0 Å². The summed E-state index contributed by atoms with van der Waals surface area (Å²) in [6.07, 6.45) is -4.45. The normalized spacial score (nSPS) is 12.4. The number of nitrogens with one attached hydrogen (secondary N) is 1. The standard InChI is InChI=1S/C18H18F3NO3/c1-12(13-6-8-15(24-2)9-7-13)22-17(23)11-25-16-5-3-4-14(10-16)18(19,20)21/h3-10,12H,11H2,1-2H3,(H,22,23). The lowest BCUT2D eigenvalue weighted by atomic mass is 10.1. The first-order valence-electron chi connectivity index (χ1n) is 7.53. The summed E-state index contributed by atoms with van der Waals surface area (Å²) in [4.78, 5) is 11.9. The summed E-state index contributed by atoms with van der Waals surface area (Å²) in [6, 6.07) is 11.3. The molecule has 134 valence electrons. The molecule has 25 heavy (non-hydrogen) atoms. The minimum absolute atomic E-state index is 0.0120. The van der Waals surface area contributed by atoms with Crippen molar-refractivity contribution in [3.63, 3.8) is 0 Å². The van der Waals surface area contributed by atoms with Crippen molar-refractivity contribution in [2.24, 2.45) is 0 Å². The molecule has 2 rings (SSSR count). The van der Waals surface area contributed by atoms with E-state index >= 15 is 0 Å². The molecule has 0 heterocycles. The van der Waals surface area contributed by atoms with Crippen LogP contribution in [0.1, 0.15) is 24.1 Å². The fourth-order valence-electron chi connectivity index (χ4n) is 2.17. The van der Waals surface area contributed by atoms with Crippen LogP contribution >= 0.6 is 0 Å². The Morgan fingerprint density at radius 2 is 1.80 bits per heavy atom. The van der Waals surface area contributed by atoms with Crippen LogP contribution in [0.2, 0.25) is 0 Å². The van der Waals surface area contributed by atoms with Crippen molar-refractivity contribution >= 4 is 5.91 Å². The predicted molar refractivity (Wildman–Crippen MR) is 86.5 cm³/mol. The van der Waals surface area contributed by atoms with E-state index in [-0.39, 0.29) is 18.4 Å². The van der Waals surface area contributed by atoms with Gasteiger partial charge in [-0.25, -0.2) is 0 Å². The number of ether oxygens (including phenoxy) is 2. The van der Waals surface area contributed by atoms with Crippen molar-refractivity contribution in [1.29, 1.82) is 0 Å². The van der Waals surface area contributed by atoms with E-state index in [0.717, 1.165) is 17.7 Å². The van der Waals surface area contributed by atoms with Gasteiger partial charge in [0.05, 0.1) is 18.7 Å². The van der Waals surface area contributed by atoms with Crippen molar-refractivity contribution in [1.82, 2.24) is 5.32 Å². The number of carbonyl (C=O) groups is 1. The molecule has 7 heteroatoms. The summed E-state index contributed by atoms with van der Waals surface area (Å²) >= 11 is 0. The summed E-state index contributed by atoms with van der Waals surface area (Å²) in [5, 5.41) is 2.72. The highest BCUT2D eigenvalue weighted by Crippen LogP contribution is 2.31. The Balaban J connectivity index is 1.89. The zero-order valence-electron chi connectivity index (χ0n) is 13.8. The maximum Gasteiger partial charge on any atom is 0.416 e. The van der Waals surface area contributed by atoms with Crippen molar-refractivity contribution in [2.45, 2.75) is 19.1 Å². The van der Waals surface area contributed by atoms with Crippen LogP contribution in [0, 0.1) is 0 Å². The van der Waals surface area contributed by atoms with E-state index in [0.29, 0.717) is 5.75 Å². The highest BCUT2D eigenvalue weighted by atomic mass is 19.4. The predicted octanol–water partition coefficient (Wildman–Crippen LogP) is 3.97. The van der Waals surface area contributed by atoms with E-state index < -0.39 is 17.6 Å². The molecule has 1 amide bonds. The number of amides is 1. The number of benzene rings is 2. The number of alkyl halides is 3. The molecular formula is C18H18F3NO3. The van der Waals surface area contributed by atoms with Crippen LogP contribution in [0.3, 0.4) is 0 Å². The molecule has 0 aliphatic carbocycles. The third kappa shape index (κ3) is 5.41. The van der Waals surface area contributed by atoms with Crippen molar-refractivity contribution in [3.8, 4) is 11.5 Å². The first-order valence-corrected chi connectivity index (χ1v) is 7.53. The average molecular weight is 353 g/mol. The van der Waals surface area contributed by atoms with Crippen LogP contribution in [0.5, 0.6) is 11.5 Å². The van der Waals surface area contributed by atoms with Gasteiger partial charge in [-0.05, 0) is 42.8 Å². The molecule has 2 aromatic rings. The molecule has 0 spiro atoms. The molecule has 0 radical (unpaired) electrons. The largest absolute Gasteiger partial charge is 0.497 e. The van der Waals surface area contributed by atoms with Gasteiger partial charge in [-0.15, -0.1) is 0 Å². The number of halogens is 3. The molecule has 0 bridgehead atoms. The van der Waals surface area contributed by atoms with E-state index in [1.807, 2.05) is 12.1 Å². The second-order valence-electron chi connectivity index (χ2n) is 5.38. The Morgan fingerprint density at radius 3 is 2.40 bits per heavy atom. The minimum Gasteiger partial charge on any atom is -0.497 e. The summed E-state index contributed by atoms with van der Waals surface area (Å²) in [6.45, 7) is 1.42. The lowest BCUT2D eigenvalue weighted by Crippen LogP contribution is -2.31. The van der Waals surface area contributed by atoms with Gasteiger partial charge in [-0.1, -0.05) is 18.2 Å². The summed E-state index contributed by atoms with van der Waals surface area (Å²) in [5.74, 6) is 0.262. The van der Waals surface area contributed by atoms with Crippen LogP contribution in [0.4, 0.5) is 13.2 Å². The second-order valence-corrected chi connectivity index (χ2v) is 5.38. The maximum atomic E-state index is 12.6. The van der Waals surface area contributed by atoms with Gasteiger partial charge < -0.3 is 14.8 Å². The van der Waals surface area contributed by atoms with E-state index in [1.165, 1.54) is 12.1 Å². The molecule has 0 fully saturated rings. The summed E-state index contributed by atoms with van der Waals surface area (Å²) in [5.41, 5.74) is 0.0465. The van der Waals surface area contributed by atoms with Gasteiger partial charge in [0.15, 0.2) is 6.61 Å². The van der Waals surface area contributed by atoms with Crippen molar-refractivity contribution < 1.29 is 27.4 Å². The van der Waals surface area contributed by atoms with Gasteiger partial charge in [-0.3, -0.25) is 4.79 Å². The molecule has 1 N–H and O–H groups in total. The molecule has 2 aromatic carbocycles. The van der Waals surface area contributed by atoms with Crippen LogP contribution in [0.25, 0.3) is 0 Å². The zero-order chi connectivity index (χ0) is 18.4. The summed E-state index contributed by atoms with van der Waals surface area (Å²) in [7, 11) is 1.56. The van der Waals surface area contributed by atoms with Crippen LogP contribution in [-0.2, 0) is 11.0 Å². The zero-order valence-corrected chi connectivity index (χ0v) is 13.8. The maximum absolute atomic E-state index is 12.6. The lowest BCUT2D eigenvalue weighted by molar-refractivity contribution is -0.137. The molecule has 0 aliphatic heterocycles. The van der Waals surface area contributed by atoms with E-state index in [2.05, 4.69) is 5.32 Å². The smallest absolute Gasteiger partial charge is 0.416 e. The third-order valence-electron chi connectivity index (χ3n) is 3.52. The Kier molecular flexibility index (Phi) is 5.90. The lowest BCUT2D eigenvalue weighted by Gasteiger charge is -2.15. The van der Waals surface area contributed by atoms with Crippen LogP contribution in [0.15, 0.2) is 48.5 Å². The average Bonchev–Trinajstić information content (AvgIpc) is 2.59. The Bertz CT molecular complexity index is 714. The highest BCUT2D eigenvalue weighted by molar-refractivity contribution is 5.78. The molecule has 0 aromatic heterocycles. The fraction of sp³-hybridized carbons (Fsp3) is 0.278. The Morgan fingerprint density at radius 1 is 1.12 bits per heavy atom. The highest BCUT2D eigenvalue weighted by Gasteiger charge is 2.30. The molecule has 0 saturated carbocycles. The number of methoxy groups -OCH3 is 1. The minimum atomic E-state index is -4.45. The quantitative estimate of drug-likeness (QED) is 0.855. The summed E-state index contributed by atoms with van der Waals surface area (Å²) < 4.78 is 48.1. The number of rotatable bonds is 6. The van der Waals surface area contributed by atoms with Gasteiger partial charge >= 0.3 is 6.18 Å². The molecule has 1 unspecified atom stereocenters. The van der Waals surface area contributed by atoms with Crippen LogP contribution in [-0.4, -0.2) is 19.6 Å². The number of hydrogen-bond donors (Lipinski definition) is 1. The van der Waals surface area contributed by atoms with Crippen molar-refractivity contribution in [2.75, 3.05) is 13.7 Å². The van der Waals surface area contributed by atoms with Gasteiger partial charge in [0.25, 0.3) is 5.91 Å². The monoisotopic (exact) mass is 353 g/mol. The number of carbonyl (C=O) groups excluding carboxylic acids is 1. The van der Waals surface area contributed by atoms with Crippen molar-refractivity contribution in [3.05, 3.63) is 59.7 Å². The SMILES string of the molecule is COc1ccc(C(C)NC(=O)COc2cccc(C(F)(F)F)c2)cc1. The van der Waals surface area contributed by atoms with Gasteiger partial charge in [0.2, 0.25) is 0 Å². The second kappa shape index (κ2) is 7.92. The molecule has 4 nitrogen and oxygen atoms in total. The first kappa shape index (κ1) is 18.6. The topological polar surface area (TPSA) is 47.6 Å². The Labute approximate surface area is 143 Å².